The van der Waals surface area contributed by atoms with E-state index in [1.165, 1.54) is 0 Å². The number of hydrogen-bond acceptors (Lipinski definition) is 6. The average molecular weight is 313 g/mol. The fraction of sp³-hybridized carbons (Fsp3) is 0.714. The van der Waals surface area contributed by atoms with Crippen LogP contribution in [0.15, 0.2) is 17.1 Å². The Hall–Kier alpha value is -1.05. The van der Waals surface area contributed by atoms with E-state index < -0.39 is 0 Å². The fourth-order valence-corrected chi connectivity index (χ4v) is 3.35. The van der Waals surface area contributed by atoms with Crippen molar-refractivity contribution < 1.29 is 9.47 Å². The Kier molecular flexibility index (Phi) is 5.66. The molecule has 0 amide bonds. The zero-order valence-electron chi connectivity index (χ0n) is 13.0. The molecule has 1 aromatic heterocycles. The molecule has 0 bridgehead atoms. The minimum Gasteiger partial charge on any atom is -0.381 e. The van der Waals surface area contributed by atoms with Gasteiger partial charge in [-0.15, -0.1) is 11.8 Å². The summed E-state index contributed by atoms with van der Waals surface area (Å²) in [6, 6.07) is 1.86. The van der Waals surface area contributed by atoms with Crippen LogP contribution in [0, 0.1) is 5.92 Å². The molecule has 2 heterocycles. The molecule has 6 nitrogen and oxygen atoms in total. The maximum Gasteiger partial charge on any atom is 0.351 e. The predicted molar refractivity (Wildman–Crippen MR) is 84.8 cm³/mol. The zero-order chi connectivity index (χ0) is 15.4. The average Bonchev–Trinajstić information content (AvgIpc) is 2.86. The minimum atomic E-state index is -0.272. The lowest BCUT2D eigenvalue weighted by molar-refractivity contribution is -0.0152. The summed E-state index contributed by atoms with van der Waals surface area (Å²) in [7, 11) is 3.59. The molecule has 118 valence electrons. The summed E-state index contributed by atoms with van der Waals surface area (Å²) in [5, 5.41) is 0. The van der Waals surface area contributed by atoms with Gasteiger partial charge in [0.2, 0.25) is 0 Å². The summed E-state index contributed by atoms with van der Waals surface area (Å²) in [6.07, 6.45) is 1.50. The van der Waals surface area contributed by atoms with E-state index in [1.54, 1.807) is 29.6 Å². The third-order valence-corrected chi connectivity index (χ3v) is 4.29. The number of hydrogen-bond donors (Lipinski definition) is 0. The summed E-state index contributed by atoms with van der Waals surface area (Å²) in [5.74, 6) is 1.95. The third kappa shape index (κ3) is 4.21. The van der Waals surface area contributed by atoms with Gasteiger partial charge in [0.15, 0.2) is 0 Å². The van der Waals surface area contributed by atoms with Gasteiger partial charge in [-0.25, -0.2) is 4.79 Å². The second-order valence-corrected chi connectivity index (χ2v) is 6.75. The van der Waals surface area contributed by atoms with E-state index in [4.69, 9.17) is 9.47 Å². The van der Waals surface area contributed by atoms with Gasteiger partial charge in [-0.2, -0.15) is 4.98 Å². The molecule has 1 aliphatic rings. The molecule has 21 heavy (non-hydrogen) atoms. The van der Waals surface area contributed by atoms with Crippen LogP contribution in [0.2, 0.25) is 0 Å². The Bertz CT molecular complexity index is 520. The summed E-state index contributed by atoms with van der Waals surface area (Å²) in [4.78, 5) is 18.3. The van der Waals surface area contributed by atoms with Crippen molar-refractivity contribution in [1.82, 2.24) is 9.55 Å². The number of anilines is 1. The molecule has 2 rings (SSSR count). The number of thioether (sulfide) groups is 1. The van der Waals surface area contributed by atoms with E-state index in [0.717, 1.165) is 12.3 Å². The highest BCUT2D eigenvalue weighted by Crippen LogP contribution is 2.30. The van der Waals surface area contributed by atoms with Gasteiger partial charge in [-0.05, 0) is 12.0 Å². The Balaban J connectivity index is 2.08. The van der Waals surface area contributed by atoms with E-state index in [2.05, 4.69) is 18.8 Å². The van der Waals surface area contributed by atoms with Crippen LogP contribution in [-0.2, 0) is 9.47 Å². The van der Waals surface area contributed by atoms with Crippen LogP contribution in [0.5, 0.6) is 0 Å². The molecule has 0 N–H and O–H groups in total. The van der Waals surface area contributed by atoms with Gasteiger partial charge in [0.1, 0.15) is 17.5 Å². The van der Waals surface area contributed by atoms with E-state index in [1.807, 2.05) is 18.0 Å². The highest BCUT2D eigenvalue weighted by molar-refractivity contribution is 8.00. The molecule has 0 saturated carbocycles. The van der Waals surface area contributed by atoms with Crippen LogP contribution in [0.25, 0.3) is 0 Å². The van der Waals surface area contributed by atoms with Crippen molar-refractivity contribution in [3.63, 3.8) is 0 Å². The van der Waals surface area contributed by atoms with Crippen LogP contribution in [0.1, 0.15) is 20.1 Å². The number of rotatable bonds is 6. The monoisotopic (exact) mass is 313 g/mol. The molecule has 1 aliphatic heterocycles. The molecule has 0 radical (unpaired) electrons. The molecule has 0 aliphatic carbocycles. The smallest absolute Gasteiger partial charge is 0.351 e. The first-order valence-corrected chi connectivity index (χ1v) is 8.12. The quantitative estimate of drug-likeness (QED) is 0.794. The molecule has 1 aromatic rings. The van der Waals surface area contributed by atoms with Crippen molar-refractivity contribution >= 4 is 17.6 Å². The largest absolute Gasteiger partial charge is 0.381 e. The van der Waals surface area contributed by atoms with Crippen LogP contribution >= 0.6 is 11.8 Å². The van der Waals surface area contributed by atoms with Crippen LogP contribution in [0.3, 0.4) is 0 Å². The van der Waals surface area contributed by atoms with Crippen molar-refractivity contribution in [2.24, 2.45) is 5.92 Å². The van der Waals surface area contributed by atoms with Gasteiger partial charge in [0.25, 0.3) is 0 Å². The van der Waals surface area contributed by atoms with Crippen molar-refractivity contribution in [2.75, 3.05) is 38.0 Å². The fourth-order valence-electron chi connectivity index (χ4n) is 2.29. The summed E-state index contributed by atoms with van der Waals surface area (Å²) in [5.41, 5.74) is -0.290. The van der Waals surface area contributed by atoms with Crippen molar-refractivity contribution in [1.29, 1.82) is 0 Å². The van der Waals surface area contributed by atoms with Gasteiger partial charge < -0.3 is 14.4 Å². The standard InChI is InChI=1S/C14H23N3O3S/c1-10(2)7-16(3)11-5-6-17(14(18)15-11)12-9-21-13(20-12)8-19-4/h5-6,10,12-13H,7-9H2,1-4H3/t12-,13?/m0/s1. The molecule has 2 atom stereocenters. The van der Waals surface area contributed by atoms with Crippen LogP contribution in [-0.4, -0.2) is 48.0 Å². The predicted octanol–water partition coefficient (Wildman–Crippen LogP) is 1.57. The lowest BCUT2D eigenvalue weighted by Crippen LogP contribution is -2.32. The van der Waals surface area contributed by atoms with Gasteiger partial charge in [-0.3, -0.25) is 4.57 Å². The molecule has 1 saturated heterocycles. The Labute approximate surface area is 129 Å². The van der Waals surface area contributed by atoms with Gasteiger partial charge >= 0.3 is 5.69 Å². The first-order valence-electron chi connectivity index (χ1n) is 7.07. The first-order chi connectivity index (χ1) is 10.0. The summed E-state index contributed by atoms with van der Waals surface area (Å²) < 4.78 is 12.4. The SMILES string of the molecule is COCC1O[C@H](n2ccc(N(C)CC(C)C)nc2=O)CS1. The number of aromatic nitrogens is 2. The van der Waals surface area contributed by atoms with Crippen LogP contribution in [0.4, 0.5) is 5.82 Å². The van der Waals surface area contributed by atoms with Crippen molar-refractivity contribution in [3.05, 3.63) is 22.7 Å². The Morgan fingerprint density at radius 1 is 1.62 bits per heavy atom. The normalized spacial score (nSPS) is 22.0. The Morgan fingerprint density at radius 3 is 3.00 bits per heavy atom. The summed E-state index contributed by atoms with van der Waals surface area (Å²) in [6.45, 7) is 5.66. The minimum absolute atomic E-state index is 0.0183. The van der Waals surface area contributed by atoms with E-state index in [0.29, 0.717) is 18.3 Å². The highest BCUT2D eigenvalue weighted by Gasteiger charge is 2.28. The number of ether oxygens (including phenoxy) is 2. The van der Waals surface area contributed by atoms with Crippen molar-refractivity contribution in [2.45, 2.75) is 25.5 Å². The third-order valence-electron chi connectivity index (χ3n) is 3.19. The Morgan fingerprint density at radius 2 is 2.38 bits per heavy atom. The lowest BCUT2D eigenvalue weighted by Gasteiger charge is -2.21. The van der Waals surface area contributed by atoms with Gasteiger partial charge in [0, 0.05) is 32.7 Å². The van der Waals surface area contributed by atoms with E-state index in [9.17, 15) is 4.79 Å². The molecule has 1 fully saturated rings. The maximum atomic E-state index is 12.2. The molecule has 0 aromatic carbocycles. The molecule has 0 spiro atoms. The number of nitrogens with zero attached hydrogens (tertiary/aromatic N) is 3. The molecule has 7 heteroatoms. The van der Waals surface area contributed by atoms with Crippen LogP contribution < -0.4 is 10.6 Å². The second kappa shape index (κ2) is 7.29. The van der Waals surface area contributed by atoms with Gasteiger partial charge in [0.05, 0.1) is 6.61 Å². The summed E-state index contributed by atoms with van der Waals surface area (Å²) >= 11 is 1.65. The molecule has 1 unspecified atom stereocenters. The number of methoxy groups -OCH3 is 1. The van der Waals surface area contributed by atoms with E-state index >= 15 is 0 Å². The first kappa shape index (κ1) is 16.3. The molecular formula is C14H23N3O3S. The topological polar surface area (TPSA) is 56.6 Å². The zero-order valence-corrected chi connectivity index (χ0v) is 13.8. The molecular weight excluding hydrogens is 290 g/mol. The highest BCUT2D eigenvalue weighted by atomic mass is 32.2. The van der Waals surface area contributed by atoms with Gasteiger partial charge in [-0.1, -0.05) is 13.8 Å². The van der Waals surface area contributed by atoms with Crippen molar-refractivity contribution in [3.8, 4) is 0 Å². The van der Waals surface area contributed by atoms with E-state index in [-0.39, 0.29) is 17.4 Å². The second-order valence-electron chi connectivity index (χ2n) is 5.56. The lowest BCUT2D eigenvalue weighted by atomic mass is 10.2. The maximum absolute atomic E-state index is 12.2.